The van der Waals surface area contributed by atoms with Crippen molar-refractivity contribution in [2.24, 2.45) is 0 Å². The normalized spacial score (nSPS) is 18.3. The van der Waals surface area contributed by atoms with Gasteiger partial charge in [-0.25, -0.2) is 9.36 Å². The fraction of sp³-hybridized carbons (Fsp3) is 0.467. The molecule has 0 unspecified atom stereocenters. The summed E-state index contributed by atoms with van der Waals surface area (Å²) in [6.45, 7) is 11.2. The summed E-state index contributed by atoms with van der Waals surface area (Å²) in [5.41, 5.74) is 4.53. The Balaban J connectivity index is 0.000000594. The third kappa shape index (κ3) is 29.1. The van der Waals surface area contributed by atoms with E-state index < -0.39 is 15.6 Å². The molecule has 1 aliphatic rings. The summed E-state index contributed by atoms with van der Waals surface area (Å²) in [6, 6.07) is 20.8. The van der Waals surface area contributed by atoms with Crippen LogP contribution in [0.3, 0.4) is 0 Å². The number of nitrogens with one attached hydrogen (secondary N) is 2. The van der Waals surface area contributed by atoms with Crippen LogP contribution in [0.25, 0.3) is 0 Å². The second kappa shape index (κ2) is 18.6. The Bertz CT molecular complexity index is 1530. The zero-order valence-electron chi connectivity index (χ0n) is 29.1. The number of benzene rings is 2. The average molecular weight is 896 g/mol. The van der Waals surface area contributed by atoms with Gasteiger partial charge >= 0.3 is 83.0 Å². The first-order valence-electron chi connectivity index (χ1n) is 16.5. The van der Waals surface area contributed by atoms with Gasteiger partial charge in [0.2, 0.25) is 0 Å². The molecule has 1 fully saturated rings. The van der Waals surface area contributed by atoms with E-state index in [9.17, 15) is 50.4 Å². The van der Waals surface area contributed by atoms with E-state index >= 15 is 0 Å². The minimum atomic E-state index is -10.7. The monoisotopic (exact) mass is 895 g/mol. The fourth-order valence-electron chi connectivity index (χ4n) is 5.10. The van der Waals surface area contributed by atoms with Crippen LogP contribution in [0.4, 0.5) is 50.4 Å². The fourth-order valence-corrected chi connectivity index (χ4v) is 5.10. The molecule has 25 heteroatoms. The predicted octanol–water partition coefficient (Wildman–Crippen LogP) is 9.01. The Morgan fingerprint density at radius 1 is 0.473 bits per heavy atom. The Kier molecular flexibility index (Phi) is 16.3. The maximum absolute atomic E-state index is 10.7. The average Bonchev–Trinajstić information content (AvgIpc) is 3.66. The quantitative estimate of drug-likeness (QED) is 0.103. The van der Waals surface area contributed by atoms with Gasteiger partial charge in [0.25, 0.3) is 0 Å². The summed E-state index contributed by atoms with van der Waals surface area (Å²) < 4.78 is 122. The molecule has 1 radical (unpaired) electrons. The van der Waals surface area contributed by atoms with Crippen molar-refractivity contribution in [2.45, 2.75) is 39.0 Å². The van der Waals surface area contributed by atoms with Gasteiger partial charge in [-0.15, -0.1) is 10.2 Å². The summed E-state index contributed by atoms with van der Waals surface area (Å²) in [7, 11) is -21.3. The maximum Gasteiger partial charge on any atom is 2.00 e. The largest absolute Gasteiger partial charge is 2.00 e. The molecule has 0 aliphatic carbocycles. The van der Waals surface area contributed by atoms with Crippen molar-refractivity contribution in [1.82, 2.24) is 50.4 Å². The van der Waals surface area contributed by atoms with Gasteiger partial charge in [-0.2, -0.15) is 0 Å². The Hall–Kier alpha value is -2.90. The van der Waals surface area contributed by atoms with Crippen LogP contribution in [-0.4, -0.2) is 92.1 Å². The number of nitrogens with zero attached hydrogens (tertiary/aromatic N) is 8. The second-order valence-corrected chi connectivity index (χ2v) is 16.3. The molecule has 1 aliphatic heterocycles. The van der Waals surface area contributed by atoms with Crippen molar-refractivity contribution in [2.75, 3.05) is 52.4 Å². The number of hydrogen-bond donors (Lipinski definition) is 2. The van der Waals surface area contributed by atoms with Crippen molar-refractivity contribution < 1.29 is 67.4 Å². The SMILES string of the molecule is F[P-](F)(F)(F)(F)F.F[P-](F)(F)(F)(F)F.[Cu+2].c1ccc(Cn2cc(CN3CCCNCCN(Cc4cn(Cc5ccccc5)nn4)CCCNCC3)nn2)cc1. The second-order valence-electron chi connectivity index (χ2n) is 12.5. The summed E-state index contributed by atoms with van der Waals surface area (Å²) in [6.07, 6.45) is 6.37. The molecule has 1 saturated heterocycles. The van der Waals surface area contributed by atoms with Gasteiger partial charge in [0.1, 0.15) is 0 Å². The number of halogens is 12. The maximum atomic E-state index is 9.87. The minimum absolute atomic E-state index is 0. The summed E-state index contributed by atoms with van der Waals surface area (Å²) in [4.78, 5) is 4.98. The zero-order valence-corrected chi connectivity index (χ0v) is 31.9. The molecule has 55 heavy (non-hydrogen) atoms. The first-order chi connectivity index (χ1) is 24.7. The van der Waals surface area contributed by atoms with Crippen molar-refractivity contribution in [3.63, 3.8) is 0 Å². The summed E-state index contributed by atoms with van der Waals surface area (Å²) >= 11 is 0. The third-order valence-corrected chi connectivity index (χ3v) is 7.18. The van der Waals surface area contributed by atoms with E-state index in [0.717, 1.165) is 103 Å². The third-order valence-electron chi connectivity index (χ3n) is 7.18. The van der Waals surface area contributed by atoms with E-state index in [2.05, 4.69) is 102 Å². The van der Waals surface area contributed by atoms with Crippen LogP contribution in [0, 0.1) is 0 Å². The first-order valence-corrected chi connectivity index (χ1v) is 20.6. The van der Waals surface area contributed by atoms with Gasteiger partial charge in [0, 0.05) is 39.3 Å². The molecule has 0 saturated carbocycles. The number of rotatable bonds is 8. The molecule has 317 valence electrons. The minimum Gasteiger partial charge on any atom is -0.315 e. The van der Waals surface area contributed by atoms with E-state index in [1.807, 2.05) is 21.5 Å². The summed E-state index contributed by atoms with van der Waals surface area (Å²) in [5, 5.41) is 24.9. The van der Waals surface area contributed by atoms with Crippen LogP contribution in [0.15, 0.2) is 73.1 Å². The van der Waals surface area contributed by atoms with Crippen molar-refractivity contribution in [3.8, 4) is 0 Å². The van der Waals surface area contributed by atoms with Crippen molar-refractivity contribution in [3.05, 3.63) is 95.6 Å². The molecule has 5 rings (SSSR count). The van der Waals surface area contributed by atoms with Crippen LogP contribution in [-0.2, 0) is 43.2 Å². The molecular formula is C30H42CuF12N10P2. The molecule has 0 bridgehead atoms. The Labute approximate surface area is 319 Å². The van der Waals surface area contributed by atoms with Gasteiger partial charge in [-0.3, -0.25) is 9.80 Å². The van der Waals surface area contributed by atoms with Crippen molar-refractivity contribution >= 4 is 15.6 Å². The van der Waals surface area contributed by atoms with E-state index in [-0.39, 0.29) is 17.1 Å². The van der Waals surface area contributed by atoms with E-state index in [0.29, 0.717) is 0 Å². The van der Waals surface area contributed by atoms with Crippen LogP contribution in [0.2, 0.25) is 0 Å². The standard InChI is InChI=1S/C30H42N10.Cu.2F6P/c1-3-9-27(10-4-1)21-39-25-29(33-35-39)23-37-17-7-13-32-16-20-38(18-8-14-31-15-19-37)24-30-26-40(36-34-30)22-28-11-5-2-6-12-28;;2*1-7(2,3,4,5)6/h1-6,9-12,25-26,31-32H,7-8,13-24H2;;;/q;+2;2*-1. The van der Waals surface area contributed by atoms with Gasteiger partial charge < -0.3 is 10.6 Å². The van der Waals surface area contributed by atoms with Gasteiger partial charge in [0.05, 0.1) is 36.9 Å². The Morgan fingerprint density at radius 2 is 0.800 bits per heavy atom. The van der Waals surface area contributed by atoms with Crippen LogP contribution < -0.4 is 10.6 Å². The van der Waals surface area contributed by atoms with Crippen LogP contribution in [0.5, 0.6) is 0 Å². The molecule has 3 heterocycles. The molecule has 0 amide bonds. The molecule has 2 aromatic carbocycles. The molecule has 2 N–H and O–H groups in total. The van der Waals surface area contributed by atoms with Gasteiger partial charge in [0.15, 0.2) is 0 Å². The van der Waals surface area contributed by atoms with Gasteiger partial charge in [-0.1, -0.05) is 71.1 Å². The molecular weight excluding hydrogens is 854 g/mol. The Morgan fingerprint density at radius 3 is 1.13 bits per heavy atom. The van der Waals surface area contributed by atoms with E-state index in [1.165, 1.54) is 11.1 Å². The molecule has 0 atom stereocenters. The zero-order chi connectivity index (χ0) is 40.1. The number of aromatic nitrogens is 6. The van der Waals surface area contributed by atoms with Gasteiger partial charge in [-0.05, 0) is 50.1 Å². The molecule has 4 aromatic rings. The number of hydrogen-bond acceptors (Lipinski definition) is 8. The van der Waals surface area contributed by atoms with E-state index in [4.69, 9.17) is 0 Å². The topological polar surface area (TPSA) is 92.0 Å². The van der Waals surface area contributed by atoms with Crippen molar-refractivity contribution in [1.29, 1.82) is 0 Å². The van der Waals surface area contributed by atoms with E-state index in [1.54, 1.807) is 0 Å². The first kappa shape index (κ1) is 48.2. The smallest absolute Gasteiger partial charge is 0.315 e. The molecule has 2 aromatic heterocycles. The molecule has 0 spiro atoms. The van der Waals surface area contributed by atoms with Crippen LogP contribution >= 0.6 is 15.6 Å². The summed E-state index contributed by atoms with van der Waals surface area (Å²) in [5.74, 6) is 0. The molecule has 10 nitrogen and oxygen atoms in total. The van der Waals surface area contributed by atoms with Crippen LogP contribution in [0.1, 0.15) is 35.4 Å². The predicted molar refractivity (Wildman–Crippen MR) is 184 cm³/mol.